The molecule has 120 valence electrons. The van der Waals surface area contributed by atoms with E-state index in [0.29, 0.717) is 5.92 Å². The van der Waals surface area contributed by atoms with Crippen LogP contribution < -0.4 is 10.6 Å². The molecule has 1 aromatic carbocycles. The molecule has 1 saturated heterocycles. The Morgan fingerprint density at radius 3 is 2.74 bits per heavy atom. The van der Waals surface area contributed by atoms with Gasteiger partial charge in [-0.25, -0.2) is 9.78 Å². The predicted molar refractivity (Wildman–Crippen MR) is 92.3 cm³/mol. The number of carboxylic acid groups (broad SMARTS) is 1. The van der Waals surface area contributed by atoms with Crippen LogP contribution in [0.1, 0.15) is 23.3 Å². The van der Waals surface area contributed by atoms with Crippen LogP contribution in [-0.2, 0) is 0 Å². The summed E-state index contributed by atoms with van der Waals surface area (Å²) in [7, 11) is 0. The summed E-state index contributed by atoms with van der Waals surface area (Å²) in [5.74, 6) is -0.471. The van der Waals surface area contributed by atoms with Gasteiger partial charge in [0.1, 0.15) is 0 Å². The highest BCUT2D eigenvalue weighted by Crippen LogP contribution is 2.45. The summed E-state index contributed by atoms with van der Waals surface area (Å²) in [6, 6.07) is 7.74. The molecule has 2 aromatic rings. The van der Waals surface area contributed by atoms with Gasteiger partial charge < -0.3 is 15.7 Å². The first-order valence-corrected chi connectivity index (χ1v) is 8.98. The molecule has 2 heterocycles. The lowest BCUT2D eigenvalue weighted by atomic mass is 9.89. The number of carboxylic acids is 1. The van der Waals surface area contributed by atoms with Crippen molar-refractivity contribution in [3.8, 4) is 0 Å². The number of aromatic carboxylic acids is 1. The third-order valence-electron chi connectivity index (χ3n) is 5.08. The van der Waals surface area contributed by atoms with Gasteiger partial charge in [0.05, 0.1) is 5.52 Å². The van der Waals surface area contributed by atoms with Crippen LogP contribution >= 0.6 is 11.8 Å². The van der Waals surface area contributed by atoms with Crippen LogP contribution in [0.15, 0.2) is 29.2 Å². The zero-order valence-corrected chi connectivity index (χ0v) is 13.8. The van der Waals surface area contributed by atoms with Crippen molar-refractivity contribution in [2.75, 3.05) is 24.2 Å². The summed E-state index contributed by atoms with van der Waals surface area (Å²) in [5, 5.41) is 10.4. The minimum absolute atomic E-state index is 0.0288. The molecule has 23 heavy (non-hydrogen) atoms. The van der Waals surface area contributed by atoms with Gasteiger partial charge in [0.15, 0.2) is 5.69 Å². The lowest BCUT2D eigenvalue weighted by molar-refractivity contribution is 0.0691. The Labute approximate surface area is 138 Å². The van der Waals surface area contributed by atoms with Crippen molar-refractivity contribution >= 4 is 34.3 Å². The molecule has 0 spiro atoms. The van der Waals surface area contributed by atoms with Crippen LogP contribution in [0, 0.1) is 5.92 Å². The summed E-state index contributed by atoms with van der Waals surface area (Å²) in [5.41, 5.74) is 8.11. The first-order valence-electron chi connectivity index (χ1n) is 7.76. The SMILES string of the molecule is CSc1ccc2c(N3CC(C4(N)CC4)C3)cc(C(=O)O)nc2c1. The monoisotopic (exact) mass is 329 g/mol. The molecule has 0 unspecified atom stereocenters. The Balaban J connectivity index is 1.74. The van der Waals surface area contributed by atoms with Gasteiger partial charge in [0.25, 0.3) is 0 Å². The number of aromatic nitrogens is 1. The van der Waals surface area contributed by atoms with Gasteiger partial charge in [0.2, 0.25) is 0 Å². The van der Waals surface area contributed by atoms with Crippen molar-refractivity contribution in [3.63, 3.8) is 0 Å². The van der Waals surface area contributed by atoms with E-state index in [1.54, 1.807) is 17.8 Å². The molecule has 0 radical (unpaired) electrons. The van der Waals surface area contributed by atoms with Gasteiger partial charge in [0, 0.05) is 40.5 Å². The lowest BCUT2D eigenvalue weighted by Crippen LogP contribution is -2.56. The average molecular weight is 329 g/mol. The number of hydrogen-bond acceptors (Lipinski definition) is 5. The molecular formula is C17H19N3O2S. The maximum atomic E-state index is 11.4. The average Bonchev–Trinajstić information content (AvgIpc) is 3.22. The standard InChI is InChI=1S/C17H19N3O2S/c1-23-11-2-3-12-13(6-11)19-14(16(21)22)7-15(12)20-8-10(9-20)17(18)4-5-17/h2-3,6-7,10H,4-5,8-9,18H2,1H3,(H,21,22). The van der Waals surface area contributed by atoms with Crippen molar-refractivity contribution in [1.29, 1.82) is 0 Å². The zero-order valence-electron chi connectivity index (χ0n) is 13.0. The fourth-order valence-corrected chi connectivity index (χ4v) is 3.71. The van der Waals surface area contributed by atoms with Crippen LogP contribution in [0.4, 0.5) is 5.69 Å². The number of benzene rings is 1. The Morgan fingerprint density at radius 2 is 2.13 bits per heavy atom. The van der Waals surface area contributed by atoms with Crippen LogP contribution in [0.3, 0.4) is 0 Å². The predicted octanol–water partition coefficient (Wildman–Crippen LogP) is 2.58. The molecule has 1 aromatic heterocycles. The Morgan fingerprint density at radius 1 is 1.39 bits per heavy atom. The van der Waals surface area contributed by atoms with Crippen molar-refractivity contribution in [3.05, 3.63) is 30.0 Å². The van der Waals surface area contributed by atoms with Gasteiger partial charge in [-0.2, -0.15) is 0 Å². The Bertz CT molecular complexity index is 798. The molecule has 6 heteroatoms. The molecule has 0 bridgehead atoms. The van der Waals surface area contributed by atoms with Gasteiger partial charge in [-0.3, -0.25) is 0 Å². The van der Waals surface area contributed by atoms with E-state index in [9.17, 15) is 9.90 Å². The van der Waals surface area contributed by atoms with Gasteiger partial charge in [-0.1, -0.05) is 0 Å². The molecule has 2 fully saturated rings. The topological polar surface area (TPSA) is 79.5 Å². The van der Waals surface area contributed by atoms with Gasteiger partial charge >= 0.3 is 5.97 Å². The summed E-state index contributed by atoms with van der Waals surface area (Å²) >= 11 is 1.63. The zero-order chi connectivity index (χ0) is 16.2. The number of fused-ring (bicyclic) bond motifs is 1. The van der Waals surface area contributed by atoms with E-state index in [1.807, 2.05) is 18.4 Å². The van der Waals surface area contributed by atoms with Crippen LogP contribution in [0.5, 0.6) is 0 Å². The normalized spacial score (nSPS) is 19.7. The number of thioether (sulfide) groups is 1. The lowest BCUT2D eigenvalue weighted by Gasteiger charge is -2.44. The first-order chi connectivity index (χ1) is 11.0. The van der Waals surface area contributed by atoms with Crippen LogP contribution in [-0.4, -0.2) is 40.9 Å². The molecule has 2 aliphatic rings. The van der Waals surface area contributed by atoms with E-state index >= 15 is 0 Å². The maximum Gasteiger partial charge on any atom is 0.354 e. The Hall–Kier alpha value is -1.79. The van der Waals surface area contributed by atoms with E-state index in [2.05, 4.69) is 16.0 Å². The van der Waals surface area contributed by atoms with Crippen molar-refractivity contribution in [2.45, 2.75) is 23.3 Å². The highest BCUT2D eigenvalue weighted by atomic mass is 32.2. The quantitative estimate of drug-likeness (QED) is 0.839. The van der Waals surface area contributed by atoms with Crippen LogP contribution in [0.25, 0.3) is 10.9 Å². The molecule has 1 aliphatic heterocycles. The van der Waals surface area contributed by atoms with Crippen LogP contribution in [0.2, 0.25) is 0 Å². The first kappa shape index (κ1) is 14.8. The van der Waals surface area contributed by atoms with E-state index in [1.165, 1.54) is 0 Å². The second-order valence-electron chi connectivity index (χ2n) is 6.55. The summed E-state index contributed by atoms with van der Waals surface area (Å²) in [4.78, 5) is 19.0. The molecular weight excluding hydrogens is 310 g/mol. The van der Waals surface area contributed by atoms with Crippen molar-refractivity contribution < 1.29 is 9.90 Å². The van der Waals surface area contributed by atoms with E-state index in [4.69, 9.17) is 5.73 Å². The summed E-state index contributed by atoms with van der Waals surface area (Å²) in [6.45, 7) is 1.80. The molecule has 1 aliphatic carbocycles. The maximum absolute atomic E-state index is 11.4. The number of hydrogen-bond donors (Lipinski definition) is 2. The smallest absolute Gasteiger partial charge is 0.354 e. The highest BCUT2D eigenvalue weighted by molar-refractivity contribution is 7.98. The molecule has 0 amide bonds. The Kier molecular flexibility index (Phi) is 3.28. The van der Waals surface area contributed by atoms with Crippen molar-refractivity contribution in [2.24, 2.45) is 11.7 Å². The number of pyridine rings is 1. The van der Waals surface area contributed by atoms with E-state index < -0.39 is 5.97 Å². The van der Waals surface area contributed by atoms with Gasteiger partial charge in [-0.15, -0.1) is 11.8 Å². The molecule has 5 nitrogen and oxygen atoms in total. The van der Waals surface area contributed by atoms with Gasteiger partial charge in [-0.05, 0) is 43.4 Å². The second-order valence-corrected chi connectivity index (χ2v) is 7.43. The molecule has 0 atom stereocenters. The number of rotatable bonds is 4. The number of nitrogens with zero attached hydrogens (tertiary/aromatic N) is 2. The highest BCUT2D eigenvalue weighted by Gasteiger charge is 2.50. The van der Waals surface area contributed by atoms with E-state index in [-0.39, 0.29) is 11.2 Å². The number of carbonyl (C=O) groups is 1. The molecule has 4 rings (SSSR count). The van der Waals surface area contributed by atoms with E-state index in [0.717, 1.165) is 47.4 Å². The second kappa shape index (κ2) is 5.11. The van der Waals surface area contributed by atoms with Crippen molar-refractivity contribution in [1.82, 2.24) is 4.98 Å². The third-order valence-corrected chi connectivity index (χ3v) is 5.80. The molecule has 3 N–H and O–H groups in total. The number of anilines is 1. The summed E-state index contributed by atoms with van der Waals surface area (Å²) in [6.07, 6.45) is 4.22. The minimum Gasteiger partial charge on any atom is -0.477 e. The fraction of sp³-hybridized carbons (Fsp3) is 0.412. The largest absolute Gasteiger partial charge is 0.477 e. The molecule has 1 saturated carbocycles. The number of nitrogens with two attached hydrogens (primary N) is 1. The third kappa shape index (κ3) is 2.46. The minimum atomic E-state index is -0.989. The fourth-order valence-electron chi connectivity index (χ4n) is 3.28. The summed E-state index contributed by atoms with van der Waals surface area (Å²) < 4.78 is 0.